The first-order chi connectivity index (χ1) is 16.5. The molecule has 5 nitrogen and oxygen atoms in total. The van der Waals surface area contributed by atoms with Crippen molar-refractivity contribution in [1.82, 2.24) is 10.1 Å². The van der Waals surface area contributed by atoms with Crippen LogP contribution in [0.3, 0.4) is 0 Å². The van der Waals surface area contributed by atoms with Gasteiger partial charge in [0.2, 0.25) is 0 Å². The first-order valence-electron chi connectivity index (χ1n) is 11.1. The highest BCUT2D eigenvalue weighted by atomic mass is 35.5. The van der Waals surface area contributed by atoms with Gasteiger partial charge >= 0.3 is 0 Å². The van der Waals surface area contributed by atoms with Gasteiger partial charge in [0.15, 0.2) is 5.82 Å². The molecule has 0 radical (unpaired) electrons. The van der Waals surface area contributed by atoms with Crippen molar-refractivity contribution in [3.63, 3.8) is 0 Å². The molecule has 4 aromatic rings. The molecule has 172 valence electrons. The molecule has 9 heteroatoms. The van der Waals surface area contributed by atoms with E-state index in [-0.39, 0.29) is 12.0 Å². The Kier molecular flexibility index (Phi) is 5.57. The Balaban J connectivity index is 1.18. The van der Waals surface area contributed by atoms with Gasteiger partial charge in [0, 0.05) is 23.0 Å². The lowest BCUT2D eigenvalue weighted by Gasteiger charge is -2.33. The van der Waals surface area contributed by atoms with E-state index in [4.69, 9.17) is 37.7 Å². The molecule has 0 atom stereocenters. The van der Waals surface area contributed by atoms with Gasteiger partial charge in [-0.15, -0.1) is 11.3 Å². The number of benzene rings is 2. The molecule has 2 saturated carbocycles. The molecule has 2 fully saturated rings. The van der Waals surface area contributed by atoms with Gasteiger partial charge < -0.3 is 9.26 Å². The molecule has 0 amide bonds. The first kappa shape index (κ1) is 22.0. The fraction of sp³-hybridized carbons (Fsp3) is 0.320. The molecular weight excluding hydrogens is 496 g/mol. The van der Waals surface area contributed by atoms with Gasteiger partial charge in [0.05, 0.1) is 44.1 Å². The second-order valence-electron chi connectivity index (χ2n) is 8.81. The van der Waals surface area contributed by atoms with Gasteiger partial charge in [-0.1, -0.05) is 34.4 Å². The average Bonchev–Trinajstić information content (AvgIpc) is 3.41. The molecule has 0 unspecified atom stereocenters. The highest BCUT2D eigenvalue weighted by Gasteiger charge is 2.37. The Labute approximate surface area is 209 Å². The number of ether oxygens (including phenoxy) is 1. The van der Waals surface area contributed by atoms with Gasteiger partial charge in [-0.25, -0.2) is 9.37 Å². The molecule has 0 bridgehead atoms. The topological polar surface area (TPSA) is 71.9 Å². The van der Waals surface area contributed by atoms with Crippen molar-refractivity contribution in [3.05, 3.63) is 68.1 Å². The Morgan fingerprint density at radius 1 is 1.18 bits per heavy atom. The summed E-state index contributed by atoms with van der Waals surface area (Å²) < 4.78 is 26.9. The number of fused-ring (bicyclic) bond motifs is 1. The van der Waals surface area contributed by atoms with E-state index in [0.717, 1.165) is 42.0 Å². The smallest absolute Gasteiger partial charge is 0.151 e. The van der Waals surface area contributed by atoms with Crippen molar-refractivity contribution < 1.29 is 13.7 Å². The Bertz CT molecular complexity index is 1430. The van der Waals surface area contributed by atoms with Crippen molar-refractivity contribution in [1.29, 1.82) is 5.26 Å². The second kappa shape index (κ2) is 8.62. The third-order valence-corrected chi connectivity index (χ3v) is 8.26. The first-order valence-corrected chi connectivity index (χ1v) is 12.6. The van der Waals surface area contributed by atoms with Crippen LogP contribution >= 0.6 is 34.5 Å². The van der Waals surface area contributed by atoms with Gasteiger partial charge in [-0.3, -0.25) is 0 Å². The quantitative estimate of drug-likeness (QED) is 0.265. The van der Waals surface area contributed by atoms with Crippen molar-refractivity contribution in [3.8, 4) is 17.3 Å². The summed E-state index contributed by atoms with van der Waals surface area (Å²) in [5, 5.41) is 15.3. The molecule has 2 aromatic heterocycles. The van der Waals surface area contributed by atoms with Gasteiger partial charge in [-0.05, 0) is 49.9 Å². The van der Waals surface area contributed by atoms with Gasteiger partial charge in [-0.2, -0.15) is 5.26 Å². The van der Waals surface area contributed by atoms with Crippen molar-refractivity contribution in [2.75, 3.05) is 0 Å². The number of thiazole rings is 1. The summed E-state index contributed by atoms with van der Waals surface area (Å²) in [7, 11) is 0. The van der Waals surface area contributed by atoms with E-state index in [9.17, 15) is 4.39 Å². The summed E-state index contributed by atoms with van der Waals surface area (Å²) in [5.74, 6) is 0.993. The summed E-state index contributed by atoms with van der Waals surface area (Å²) in [4.78, 5) is 4.50. The lowest BCUT2D eigenvalue weighted by atomic mass is 9.83. The molecule has 0 N–H and O–H groups in total. The van der Waals surface area contributed by atoms with E-state index in [1.807, 2.05) is 6.07 Å². The number of halogens is 3. The lowest BCUT2D eigenvalue weighted by molar-refractivity contribution is -0.0210. The van der Waals surface area contributed by atoms with E-state index in [2.05, 4.69) is 10.1 Å². The molecule has 2 heterocycles. The van der Waals surface area contributed by atoms with Crippen molar-refractivity contribution in [2.45, 2.75) is 50.2 Å². The maximum absolute atomic E-state index is 14.3. The standard InChI is InChI=1S/C25H18Cl2FN3O2S/c26-17-2-1-3-18(27)21(17)22-16(24(33-31-22)13-4-5-13)11-32-15-8-14(9-15)25-30-23-19(28)6-12(10-29)7-20(23)34-25/h1-3,6-7,13-15H,4-5,8-9,11H2/t14-,15-. The summed E-state index contributed by atoms with van der Waals surface area (Å²) in [6, 6.07) is 10.3. The average molecular weight is 514 g/mol. The molecule has 6 rings (SSSR count). The van der Waals surface area contributed by atoms with Crippen molar-refractivity contribution >= 4 is 44.8 Å². The monoisotopic (exact) mass is 513 g/mol. The summed E-state index contributed by atoms with van der Waals surface area (Å²) in [6.45, 7) is 0.365. The van der Waals surface area contributed by atoms with E-state index in [1.54, 1.807) is 24.3 Å². The number of nitrogens with zero attached hydrogens (tertiary/aromatic N) is 3. The third-order valence-electron chi connectivity index (χ3n) is 6.47. The summed E-state index contributed by atoms with van der Waals surface area (Å²) >= 11 is 14.3. The Hall–Kier alpha value is -2.50. The Morgan fingerprint density at radius 2 is 1.94 bits per heavy atom. The molecule has 34 heavy (non-hydrogen) atoms. The highest BCUT2D eigenvalue weighted by Crippen LogP contribution is 2.47. The number of rotatable bonds is 6. The number of nitriles is 1. The normalized spacial score (nSPS) is 19.8. The Morgan fingerprint density at radius 3 is 2.65 bits per heavy atom. The molecular formula is C25H18Cl2FN3O2S. The van der Waals surface area contributed by atoms with E-state index in [1.165, 1.54) is 17.4 Å². The molecule has 0 aliphatic heterocycles. The molecule has 0 saturated heterocycles. The molecule has 0 spiro atoms. The van der Waals surface area contributed by atoms with Crippen LogP contribution in [0, 0.1) is 17.1 Å². The lowest BCUT2D eigenvalue weighted by Crippen LogP contribution is -2.29. The predicted octanol–water partition coefficient (Wildman–Crippen LogP) is 7.61. The van der Waals surface area contributed by atoms with E-state index in [0.29, 0.717) is 49.6 Å². The zero-order chi connectivity index (χ0) is 23.4. The summed E-state index contributed by atoms with van der Waals surface area (Å²) in [6.07, 6.45) is 3.82. The number of hydrogen-bond acceptors (Lipinski definition) is 6. The minimum Gasteiger partial charge on any atom is -0.373 e. The van der Waals surface area contributed by atoms with Crippen LogP contribution in [0.5, 0.6) is 0 Å². The van der Waals surface area contributed by atoms with Crippen LogP contribution in [0.15, 0.2) is 34.9 Å². The van der Waals surface area contributed by atoms with Crippen LogP contribution in [0.2, 0.25) is 10.0 Å². The zero-order valence-electron chi connectivity index (χ0n) is 17.9. The molecule has 2 aliphatic rings. The minimum absolute atomic E-state index is 0.0630. The van der Waals surface area contributed by atoms with Crippen LogP contribution in [-0.2, 0) is 11.3 Å². The predicted molar refractivity (Wildman–Crippen MR) is 129 cm³/mol. The maximum atomic E-state index is 14.3. The summed E-state index contributed by atoms with van der Waals surface area (Å²) in [5.41, 5.74) is 2.86. The molecule has 2 aliphatic carbocycles. The van der Waals surface area contributed by atoms with Crippen LogP contribution in [0.25, 0.3) is 21.5 Å². The highest BCUT2D eigenvalue weighted by molar-refractivity contribution is 7.18. The van der Waals surface area contributed by atoms with Crippen LogP contribution in [0.4, 0.5) is 4.39 Å². The van der Waals surface area contributed by atoms with Crippen LogP contribution in [-0.4, -0.2) is 16.2 Å². The van der Waals surface area contributed by atoms with Crippen LogP contribution < -0.4 is 0 Å². The fourth-order valence-electron chi connectivity index (χ4n) is 4.40. The van der Waals surface area contributed by atoms with Crippen LogP contribution in [0.1, 0.15) is 59.4 Å². The largest absolute Gasteiger partial charge is 0.373 e. The SMILES string of the molecule is N#Cc1cc(F)c2nc([C@H]3C[C@H](OCc4c(-c5c(Cl)cccc5Cl)noc4C4CC4)C3)sc2c1. The van der Waals surface area contributed by atoms with E-state index < -0.39 is 5.82 Å². The minimum atomic E-state index is -0.450. The zero-order valence-corrected chi connectivity index (χ0v) is 20.2. The number of hydrogen-bond donors (Lipinski definition) is 0. The van der Waals surface area contributed by atoms with Crippen molar-refractivity contribution in [2.24, 2.45) is 0 Å². The second-order valence-corrected chi connectivity index (χ2v) is 10.7. The van der Waals surface area contributed by atoms with E-state index >= 15 is 0 Å². The molecule has 2 aromatic carbocycles. The van der Waals surface area contributed by atoms with Gasteiger partial charge in [0.25, 0.3) is 0 Å². The fourth-order valence-corrected chi connectivity index (χ4v) is 6.12. The maximum Gasteiger partial charge on any atom is 0.151 e. The third kappa shape index (κ3) is 3.89. The van der Waals surface area contributed by atoms with Gasteiger partial charge in [0.1, 0.15) is 17.0 Å². The number of aromatic nitrogens is 2.